The number of nitrogens with two attached hydrogens (primary N) is 1. The number of hydrogen-bond donors (Lipinski definition) is 2. The van der Waals surface area contributed by atoms with Crippen LogP contribution in [0.1, 0.15) is 36.5 Å². The van der Waals surface area contributed by atoms with Crippen molar-refractivity contribution in [1.82, 2.24) is 5.32 Å². The minimum Gasteiger partial charge on any atom is -0.396 e. The first-order valence-electron chi connectivity index (χ1n) is 5.92. The lowest BCUT2D eigenvalue weighted by atomic mass is 10.1. The van der Waals surface area contributed by atoms with Crippen LogP contribution in [0.5, 0.6) is 0 Å². The van der Waals surface area contributed by atoms with E-state index in [1.807, 2.05) is 6.92 Å². The van der Waals surface area contributed by atoms with Crippen LogP contribution in [-0.2, 0) is 0 Å². The van der Waals surface area contributed by atoms with Gasteiger partial charge in [-0.3, -0.25) is 4.79 Å². The number of hydrogen-bond acceptors (Lipinski definition) is 2. The van der Waals surface area contributed by atoms with E-state index in [9.17, 15) is 9.18 Å². The molecule has 3 N–H and O–H groups in total. The second-order valence-electron chi connectivity index (χ2n) is 4.75. The van der Waals surface area contributed by atoms with Gasteiger partial charge in [0.05, 0.1) is 11.3 Å². The van der Waals surface area contributed by atoms with Crippen molar-refractivity contribution in [3.63, 3.8) is 0 Å². The van der Waals surface area contributed by atoms with Crippen molar-refractivity contribution in [2.45, 2.75) is 32.2 Å². The zero-order valence-electron chi connectivity index (χ0n) is 9.87. The number of amides is 1. The molecule has 2 rings (SSSR count). The van der Waals surface area contributed by atoms with Crippen molar-refractivity contribution < 1.29 is 9.18 Å². The monoisotopic (exact) mass is 236 g/mol. The predicted octanol–water partition coefficient (Wildman–Crippen LogP) is 2.33. The Morgan fingerprint density at radius 2 is 2.29 bits per heavy atom. The van der Waals surface area contributed by atoms with E-state index in [-0.39, 0.29) is 23.2 Å². The number of carbonyl (C=O) groups excluding carboxylic acids is 1. The summed E-state index contributed by atoms with van der Waals surface area (Å²) in [6.07, 6.45) is 3.49. The van der Waals surface area contributed by atoms with E-state index in [0.717, 1.165) is 12.3 Å². The molecule has 1 amide bonds. The van der Waals surface area contributed by atoms with Gasteiger partial charge in [-0.1, -0.05) is 18.9 Å². The van der Waals surface area contributed by atoms with Crippen LogP contribution in [-0.4, -0.2) is 11.9 Å². The maximum Gasteiger partial charge on any atom is 0.253 e. The molecule has 0 aromatic heterocycles. The van der Waals surface area contributed by atoms with E-state index >= 15 is 0 Å². The average Bonchev–Trinajstić information content (AvgIpc) is 3.05. The van der Waals surface area contributed by atoms with E-state index in [2.05, 4.69) is 5.32 Å². The fourth-order valence-corrected chi connectivity index (χ4v) is 1.95. The molecule has 17 heavy (non-hydrogen) atoms. The Bertz CT molecular complexity index is 429. The van der Waals surface area contributed by atoms with Crippen LogP contribution in [0.3, 0.4) is 0 Å². The Balaban J connectivity index is 2.00. The Kier molecular flexibility index (Phi) is 3.31. The van der Waals surface area contributed by atoms with Crippen molar-refractivity contribution in [2.24, 2.45) is 5.92 Å². The molecule has 1 saturated carbocycles. The molecule has 1 unspecified atom stereocenters. The Morgan fingerprint density at radius 3 is 2.94 bits per heavy atom. The van der Waals surface area contributed by atoms with E-state index in [1.54, 1.807) is 0 Å². The van der Waals surface area contributed by atoms with Crippen molar-refractivity contribution in [1.29, 1.82) is 0 Å². The molecular weight excluding hydrogens is 219 g/mol. The maximum atomic E-state index is 13.2. The highest BCUT2D eigenvalue weighted by Crippen LogP contribution is 2.33. The maximum absolute atomic E-state index is 13.2. The molecule has 4 heteroatoms. The van der Waals surface area contributed by atoms with Crippen LogP contribution in [0.2, 0.25) is 0 Å². The lowest BCUT2D eigenvalue weighted by Gasteiger charge is -2.14. The van der Waals surface area contributed by atoms with Crippen molar-refractivity contribution >= 4 is 11.6 Å². The third-order valence-corrected chi connectivity index (χ3v) is 3.06. The van der Waals surface area contributed by atoms with Gasteiger partial charge >= 0.3 is 0 Å². The fraction of sp³-hybridized carbons (Fsp3) is 0.462. The highest BCUT2D eigenvalue weighted by molar-refractivity contribution is 5.99. The minimum absolute atomic E-state index is 0.0800. The van der Waals surface area contributed by atoms with Crippen molar-refractivity contribution in [3.05, 3.63) is 29.6 Å². The molecule has 92 valence electrons. The Hall–Kier alpha value is -1.58. The van der Waals surface area contributed by atoms with Gasteiger partial charge in [-0.15, -0.1) is 0 Å². The third-order valence-electron chi connectivity index (χ3n) is 3.06. The zero-order valence-corrected chi connectivity index (χ0v) is 9.87. The largest absolute Gasteiger partial charge is 0.396 e. The van der Waals surface area contributed by atoms with Gasteiger partial charge < -0.3 is 11.1 Å². The molecular formula is C13H17FN2O. The predicted molar refractivity (Wildman–Crippen MR) is 65.1 cm³/mol. The average molecular weight is 236 g/mol. The third kappa shape index (κ3) is 2.96. The highest BCUT2D eigenvalue weighted by atomic mass is 19.1. The smallest absolute Gasteiger partial charge is 0.253 e. The van der Waals surface area contributed by atoms with Crippen LogP contribution >= 0.6 is 0 Å². The van der Waals surface area contributed by atoms with Crippen LogP contribution in [0, 0.1) is 11.7 Å². The number of halogens is 1. The topological polar surface area (TPSA) is 55.1 Å². The summed E-state index contributed by atoms with van der Waals surface area (Å²) < 4.78 is 13.2. The molecule has 0 saturated heterocycles. The van der Waals surface area contributed by atoms with Gasteiger partial charge in [-0.2, -0.15) is 0 Å². The summed E-state index contributed by atoms with van der Waals surface area (Å²) in [7, 11) is 0. The first kappa shape index (κ1) is 11.9. The van der Waals surface area contributed by atoms with Gasteiger partial charge in [0.25, 0.3) is 5.91 Å². The van der Waals surface area contributed by atoms with Crippen LogP contribution < -0.4 is 11.1 Å². The molecule has 0 spiro atoms. The lowest BCUT2D eigenvalue weighted by molar-refractivity contribution is 0.0938. The number of carbonyl (C=O) groups is 1. The number of anilines is 1. The number of nitrogens with one attached hydrogen (secondary N) is 1. The van der Waals surface area contributed by atoms with Crippen LogP contribution in [0.15, 0.2) is 18.2 Å². The quantitative estimate of drug-likeness (QED) is 0.788. The molecule has 0 radical (unpaired) electrons. The summed E-state index contributed by atoms with van der Waals surface area (Å²) >= 11 is 0. The first-order chi connectivity index (χ1) is 8.08. The Morgan fingerprint density at radius 1 is 1.59 bits per heavy atom. The molecule has 0 heterocycles. The molecule has 1 aromatic carbocycles. The van der Waals surface area contributed by atoms with Gasteiger partial charge in [0.15, 0.2) is 0 Å². The lowest BCUT2D eigenvalue weighted by Crippen LogP contribution is -2.33. The molecule has 3 nitrogen and oxygen atoms in total. The summed E-state index contributed by atoms with van der Waals surface area (Å²) in [5.74, 6) is -0.0993. The fourth-order valence-electron chi connectivity index (χ4n) is 1.95. The number of rotatable bonds is 4. The van der Waals surface area contributed by atoms with E-state index in [0.29, 0.717) is 0 Å². The summed E-state index contributed by atoms with van der Waals surface area (Å²) in [5, 5.41) is 2.85. The second-order valence-corrected chi connectivity index (χ2v) is 4.75. The summed E-state index contributed by atoms with van der Waals surface area (Å²) in [4.78, 5) is 11.9. The van der Waals surface area contributed by atoms with E-state index < -0.39 is 5.82 Å². The summed E-state index contributed by atoms with van der Waals surface area (Å²) in [6.45, 7) is 1.96. The standard InChI is InChI=1S/C13H17FN2O/c1-8(7-9-5-6-9)16-13(17)10-3-2-4-11(14)12(10)15/h2-4,8-9H,5-7,15H2,1H3,(H,16,17). The number of nitrogen functional groups attached to an aromatic ring is 1. The molecule has 0 bridgehead atoms. The molecule has 1 aliphatic carbocycles. The second kappa shape index (κ2) is 4.73. The van der Waals surface area contributed by atoms with Gasteiger partial charge in [0.2, 0.25) is 0 Å². The zero-order chi connectivity index (χ0) is 12.4. The van der Waals surface area contributed by atoms with Crippen LogP contribution in [0.4, 0.5) is 10.1 Å². The minimum atomic E-state index is -0.549. The van der Waals surface area contributed by atoms with E-state index in [1.165, 1.54) is 31.0 Å². The van der Waals surface area contributed by atoms with Gasteiger partial charge in [0, 0.05) is 6.04 Å². The normalized spacial score (nSPS) is 16.6. The molecule has 1 fully saturated rings. The SMILES string of the molecule is CC(CC1CC1)NC(=O)c1cccc(F)c1N. The molecule has 1 atom stereocenters. The van der Waals surface area contributed by atoms with Gasteiger partial charge in [-0.25, -0.2) is 4.39 Å². The van der Waals surface area contributed by atoms with Crippen molar-refractivity contribution in [3.8, 4) is 0 Å². The number of benzene rings is 1. The summed E-state index contributed by atoms with van der Waals surface area (Å²) in [5.41, 5.74) is 5.67. The van der Waals surface area contributed by atoms with Gasteiger partial charge in [0.1, 0.15) is 5.82 Å². The summed E-state index contributed by atoms with van der Waals surface area (Å²) in [6, 6.07) is 4.39. The van der Waals surface area contributed by atoms with Crippen molar-refractivity contribution in [2.75, 3.05) is 5.73 Å². The molecule has 1 aromatic rings. The number of para-hydroxylation sites is 1. The van der Waals surface area contributed by atoms with Gasteiger partial charge in [-0.05, 0) is 31.4 Å². The molecule has 1 aliphatic rings. The van der Waals surface area contributed by atoms with Crippen LogP contribution in [0.25, 0.3) is 0 Å². The first-order valence-corrected chi connectivity index (χ1v) is 5.92. The van der Waals surface area contributed by atoms with E-state index in [4.69, 9.17) is 5.73 Å². The molecule has 0 aliphatic heterocycles. The Labute approximate surface area is 100 Å². The highest BCUT2D eigenvalue weighted by Gasteiger charge is 2.24.